The topological polar surface area (TPSA) is 64.1 Å². The van der Waals surface area contributed by atoms with Gasteiger partial charge >= 0.3 is 6.61 Å². The molecule has 0 fully saturated rings. The molecule has 0 aliphatic heterocycles. The molecule has 0 aromatic heterocycles. The summed E-state index contributed by atoms with van der Waals surface area (Å²) in [4.78, 5) is 4.16. The van der Waals surface area contributed by atoms with Crippen molar-refractivity contribution in [3.8, 4) is 17.2 Å². The third kappa shape index (κ3) is 8.60. The van der Waals surface area contributed by atoms with Gasteiger partial charge in [-0.15, -0.1) is 24.0 Å². The van der Waals surface area contributed by atoms with E-state index in [-0.39, 0.29) is 36.3 Å². The van der Waals surface area contributed by atoms with Crippen LogP contribution < -0.4 is 24.8 Å². The number of nitrogens with zero attached hydrogens (tertiary/aromatic N) is 1. The number of rotatable bonds is 10. The maximum atomic E-state index is 12.6. The summed E-state index contributed by atoms with van der Waals surface area (Å²) in [5.74, 6) is 2.07. The second-order valence-corrected chi connectivity index (χ2v) is 6.16. The summed E-state index contributed by atoms with van der Waals surface area (Å²) in [7, 11) is 4.82. The fraction of sp³-hybridized carbons (Fsp3) is 0.381. The molecule has 6 nitrogen and oxygen atoms in total. The van der Waals surface area contributed by atoms with Crippen LogP contribution in [0.3, 0.4) is 0 Å². The van der Waals surface area contributed by atoms with Gasteiger partial charge < -0.3 is 24.8 Å². The Morgan fingerprint density at radius 2 is 1.67 bits per heavy atom. The Morgan fingerprint density at radius 1 is 1.00 bits per heavy atom. The maximum absolute atomic E-state index is 12.6. The van der Waals surface area contributed by atoms with Gasteiger partial charge in [-0.3, -0.25) is 4.99 Å². The summed E-state index contributed by atoms with van der Waals surface area (Å²) in [5.41, 5.74) is 1.77. The van der Waals surface area contributed by atoms with Gasteiger partial charge in [-0.2, -0.15) is 8.78 Å². The maximum Gasteiger partial charge on any atom is 0.387 e. The first kappa shape index (κ1) is 25.7. The van der Waals surface area contributed by atoms with Gasteiger partial charge in [0.25, 0.3) is 0 Å². The standard InChI is InChI=1S/C21H27F2N3O3.HI/c1-24-21(25-12-4-5-15-6-8-17(27-2)9-7-15)26-14-16-13-18(28-3)10-11-19(16)29-20(22)23;/h6-11,13,20H,4-5,12,14H2,1-3H3,(H2,24,25,26);1H. The fourth-order valence-electron chi connectivity index (χ4n) is 2.72. The van der Waals surface area contributed by atoms with Crippen molar-refractivity contribution < 1.29 is 23.0 Å². The Bertz CT molecular complexity index is 790. The minimum Gasteiger partial charge on any atom is -0.497 e. The molecule has 30 heavy (non-hydrogen) atoms. The van der Waals surface area contributed by atoms with Crippen LogP contribution in [0.5, 0.6) is 17.2 Å². The second kappa shape index (κ2) is 13.8. The van der Waals surface area contributed by atoms with Gasteiger partial charge in [0.05, 0.1) is 14.2 Å². The highest BCUT2D eigenvalue weighted by molar-refractivity contribution is 14.0. The predicted molar refractivity (Wildman–Crippen MR) is 125 cm³/mol. The lowest BCUT2D eigenvalue weighted by atomic mass is 10.1. The van der Waals surface area contributed by atoms with Crippen LogP contribution >= 0.6 is 24.0 Å². The number of nitrogens with one attached hydrogen (secondary N) is 2. The van der Waals surface area contributed by atoms with E-state index in [1.54, 1.807) is 26.3 Å². The molecule has 0 radical (unpaired) electrons. The first-order valence-electron chi connectivity index (χ1n) is 9.25. The van der Waals surface area contributed by atoms with Crippen molar-refractivity contribution in [1.82, 2.24) is 10.6 Å². The molecule has 2 N–H and O–H groups in total. The third-order valence-corrected chi connectivity index (χ3v) is 4.25. The van der Waals surface area contributed by atoms with Crippen LogP contribution in [0.15, 0.2) is 47.5 Å². The fourth-order valence-corrected chi connectivity index (χ4v) is 2.72. The Morgan fingerprint density at radius 3 is 2.27 bits per heavy atom. The van der Waals surface area contributed by atoms with Crippen molar-refractivity contribution in [1.29, 1.82) is 0 Å². The Hall–Kier alpha value is -2.30. The average Bonchev–Trinajstić information content (AvgIpc) is 2.74. The number of halogens is 3. The van der Waals surface area contributed by atoms with E-state index in [1.807, 2.05) is 24.3 Å². The molecule has 0 atom stereocenters. The first-order chi connectivity index (χ1) is 14.0. The number of aryl methyl sites for hydroxylation is 1. The largest absolute Gasteiger partial charge is 0.497 e. The molecule has 2 aromatic carbocycles. The van der Waals surface area contributed by atoms with E-state index in [9.17, 15) is 8.78 Å². The van der Waals surface area contributed by atoms with E-state index >= 15 is 0 Å². The van der Waals surface area contributed by atoms with Crippen molar-refractivity contribution in [2.24, 2.45) is 4.99 Å². The van der Waals surface area contributed by atoms with E-state index in [0.29, 0.717) is 23.8 Å². The molecule has 0 bridgehead atoms. The number of ether oxygens (including phenoxy) is 3. The Balaban J connectivity index is 0.00000450. The lowest BCUT2D eigenvalue weighted by Crippen LogP contribution is -2.37. The van der Waals surface area contributed by atoms with Gasteiger partial charge in [-0.25, -0.2) is 0 Å². The van der Waals surface area contributed by atoms with Crippen molar-refractivity contribution in [3.63, 3.8) is 0 Å². The van der Waals surface area contributed by atoms with Gasteiger partial charge in [-0.05, 0) is 48.7 Å². The molecule has 0 saturated heterocycles. The molecule has 2 rings (SSSR count). The van der Waals surface area contributed by atoms with E-state index in [4.69, 9.17) is 9.47 Å². The minimum atomic E-state index is -2.89. The van der Waals surface area contributed by atoms with Gasteiger partial charge in [-0.1, -0.05) is 12.1 Å². The number of methoxy groups -OCH3 is 2. The zero-order valence-corrected chi connectivity index (χ0v) is 19.6. The third-order valence-electron chi connectivity index (χ3n) is 4.25. The van der Waals surface area contributed by atoms with Gasteiger partial charge in [0.2, 0.25) is 0 Å². The van der Waals surface area contributed by atoms with Crippen LogP contribution in [0.4, 0.5) is 8.78 Å². The quantitative estimate of drug-likeness (QED) is 0.207. The van der Waals surface area contributed by atoms with E-state index in [1.165, 1.54) is 18.7 Å². The highest BCUT2D eigenvalue weighted by Gasteiger charge is 2.11. The molecule has 0 aliphatic carbocycles. The van der Waals surface area contributed by atoms with Gasteiger partial charge in [0, 0.05) is 25.7 Å². The zero-order chi connectivity index (χ0) is 21.1. The molecule has 0 unspecified atom stereocenters. The second-order valence-electron chi connectivity index (χ2n) is 6.16. The van der Waals surface area contributed by atoms with Crippen LogP contribution in [0.2, 0.25) is 0 Å². The molecule has 0 heterocycles. The smallest absolute Gasteiger partial charge is 0.387 e. The van der Waals surface area contributed by atoms with Crippen molar-refractivity contribution in [3.05, 3.63) is 53.6 Å². The summed E-state index contributed by atoms with van der Waals surface area (Å²) < 4.78 is 40.1. The summed E-state index contributed by atoms with van der Waals surface area (Å²) in [6.07, 6.45) is 1.82. The van der Waals surface area contributed by atoms with Gasteiger partial charge in [0.1, 0.15) is 17.2 Å². The number of aliphatic imine (C=N–C) groups is 1. The zero-order valence-electron chi connectivity index (χ0n) is 17.3. The molecule has 166 valence electrons. The summed E-state index contributed by atoms with van der Waals surface area (Å²) >= 11 is 0. The molecule has 2 aromatic rings. The molecule has 9 heteroatoms. The first-order valence-corrected chi connectivity index (χ1v) is 9.25. The molecule has 0 saturated carbocycles. The minimum absolute atomic E-state index is 0. The van der Waals surface area contributed by atoms with Crippen molar-refractivity contribution >= 4 is 29.9 Å². The average molecular weight is 535 g/mol. The monoisotopic (exact) mass is 535 g/mol. The number of alkyl halides is 2. The number of guanidine groups is 1. The summed E-state index contributed by atoms with van der Waals surface area (Å²) in [6.45, 7) is -1.92. The van der Waals surface area contributed by atoms with Crippen molar-refractivity contribution in [2.75, 3.05) is 27.8 Å². The molecular weight excluding hydrogens is 507 g/mol. The Kier molecular flexibility index (Phi) is 11.9. The molecular formula is C21H28F2IN3O3. The van der Waals surface area contributed by atoms with Crippen LogP contribution in [0, 0.1) is 0 Å². The normalized spacial score (nSPS) is 10.9. The highest BCUT2D eigenvalue weighted by atomic mass is 127. The van der Waals surface area contributed by atoms with Crippen LogP contribution in [0.25, 0.3) is 0 Å². The number of hydrogen-bond donors (Lipinski definition) is 2. The molecule has 0 amide bonds. The van der Waals surface area contributed by atoms with E-state index < -0.39 is 6.61 Å². The van der Waals surface area contributed by atoms with E-state index in [2.05, 4.69) is 20.4 Å². The van der Waals surface area contributed by atoms with E-state index in [0.717, 1.165) is 18.6 Å². The molecule has 0 spiro atoms. The predicted octanol–water partition coefficient (Wildman–Crippen LogP) is 4.22. The van der Waals surface area contributed by atoms with Crippen LogP contribution in [-0.4, -0.2) is 40.4 Å². The number of benzene rings is 2. The van der Waals surface area contributed by atoms with Crippen molar-refractivity contribution in [2.45, 2.75) is 26.0 Å². The van der Waals surface area contributed by atoms with Crippen LogP contribution in [-0.2, 0) is 13.0 Å². The Labute approximate surface area is 193 Å². The lowest BCUT2D eigenvalue weighted by molar-refractivity contribution is -0.0504. The summed E-state index contributed by atoms with van der Waals surface area (Å²) in [6, 6.07) is 12.7. The van der Waals surface area contributed by atoms with Crippen LogP contribution in [0.1, 0.15) is 17.5 Å². The highest BCUT2D eigenvalue weighted by Crippen LogP contribution is 2.25. The molecule has 0 aliphatic rings. The number of hydrogen-bond acceptors (Lipinski definition) is 4. The van der Waals surface area contributed by atoms with Gasteiger partial charge in [0.15, 0.2) is 5.96 Å². The SMILES string of the molecule is CN=C(NCCCc1ccc(OC)cc1)NCc1cc(OC)ccc1OC(F)F.I. The summed E-state index contributed by atoms with van der Waals surface area (Å²) in [5, 5.41) is 6.32. The lowest BCUT2D eigenvalue weighted by Gasteiger charge is -2.15.